The number of rotatable bonds is 2. The first-order chi connectivity index (χ1) is 7.51. The normalized spacial score (nSPS) is 24.9. The molecule has 1 fully saturated rings. The van der Waals surface area contributed by atoms with Crippen LogP contribution in [0, 0.1) is 0 Å². The molecular formula is C14H19NO. The van der Waals surface area contributed by atoms with Gasteiger partial charge in [-0.1, -0.05) is 45.0 Å². The van der Waals surface area contributed by atoms with E-state index in [1.165, 1.54) is 11.1 Å². The van der Waals surface area contributed by atoms with Crippen molar-refractivity contribution in [2.24, 2.45) is 0 Å². The van der Waals surface area contributed by atoms with Crippen molar-refractivity contribution in [1.82, 2.24) is 5.32 Å². The minimum atomic E-state index is -0.0212. The Morgan fingerprint density at radius 1 is 1.25 bits per heavy atom. The maximum atomic E-state index is 11.3. The largest absolute Gasteiger partial charge is 0.355 e. The highest BCUT2D eigenvalue weighted by atomic mass is 16.1. The summed E-state index contributed by atoms with van der Waals surface area (Å²) in [7, 11) is 0. The van der Waals surface area contributed by atoms with E-state index >= 15 is 0 Å². The lowest BCUT2D eigenvalue weighted by Crippen LogP contribution is -2.24. The zero-order chi connectivity index (χ0) is 11.8. The quantitative estimate of drug-likeness (QED) is 0.810. The third-order valence-corrected chi connectivity index (χ3v) is 3.50. The number of nitrogens with one attached hydrogen (secondary N) is 1. The third kappa shape index (κ3) is 1.97. The van der Waals surface area contributed by atoms with Crippen molar-refractivity contribution in [2.75, 3.05) is 6.54 Å². The highest BCUT2D eigenvalue weighted by molar-refractivity contribution is 5.80. The lowest BCUT2D eigenvalue weighted by Gasteiger charge is -2.22. The molecule has 1 unspecified atom stereocenters. The van der Waals surface area contributed by atoms with E-state index in [1.54, 1.807) is 0 Å². The topological polar surface area (TPSA) is 29.1 Å². The Hall–Kier alpha value is -1.31. The van der Waals surface area contributed by atoms with Crippen LogP contribution in [0.4, 0.5) is 0 Å². The van der Waals surface area contributed by atoms with Gasteiger partial charge in [-0.25, -0.2) is 0 Å². The molecule has 1 aromatic rings. The van der Waals surface area contributed by atoms with Crippen LogP contribution in [0.3, 0.4) is 0 Å². The number of carbonyl (C=O) groups is 1. The van der Waals surface area contributed by atoms with E-state index in [-0.39, 0.29) is 11.3 Å². The average Bonchev–Trinajstić information content (AvgIpc) is 2.60. The van der Waals surface area contributed by atoms with Crippen molar-refractivity contribution in [3.63, 3.8) is 0 Å². The lowest BCUT2D eigenvalue weighted by atomic mass is 9.81. The summed E-state index contributed by atoms with van der Waals surface area (Å²) in [4.78, 5) is 11.3. The molecule has 1 amide bonds. The van der Waals surface area contributed by atoms with E-state index in [2.05, 4.69) is 50.4 Å². The van der Waals surface area contributed by atoms with Gasteiger partial charge < -0.3 is 5.32 Å². The van der Waals surface area contributed by atoms with Gasteiger partial charge in [-0.05, 0) is 17.0 Å². The van der Waals surface area contributed by atoms with Gasteiger partial charge >= 0.3 is 0 Å². The molecule has 1 saturated heterocycles. The highest BCUT2D eigenvalue weighted by Crippen LogP contribution is 2.31. The Labute approximate surface area is 97.1 Å². The molecule has 2 rings (SSSR count). The van der Waals surface area contributed by atoms with Crippen LogP contribution in [0.25, 0.3) is 0 Å². The molecule has 1 heterocycles. The zero-order valence-corrected chi connectivity index (χ0v) is 10.2. The molecule has 0 spiro atoms. The van der Waals surface area contributed by atoms with Crippen LogP contribution >= 0.6 is 0 Å². The van der Waals surface area contributed by atoms with Gasteiger partial charge in [0.2, 0.25) is 5.91 Å². The smallest absolute Gasteiger partial charge is 0.220 e. The standard InChI is InChI=1S/C14H19NO/c1-10(2)11-4-6-12(7-5-11)14(3)8-13(16)15-9-14/h4-7,10H,8-9H2,1-3H3,(H,15,16). The molecule has 1 aliphatic rings. The third-order valence-electron chi connectivity index (χ3n) is 3.50. The molecule has 0 saturated carbocycles. The summed E-state index contributed by atoms with van der Waals surface area (Å²) in [6.07, 6.45) is 0.605. The van der Waals surface area contributed by atoms with E-state index in [0.29, 0.717) is 12.3 Å². The van der Waals surface area contributed by atoms with Crippen LogP contribution < -0.4 is 5.32 Å². The zero-order valence-electron chi connectivity index (χ0n) is 10.2. The number of amides is 1. The Bertz CT molecular complexity index is 394. The second-order valence-corrected chi connectivity index (χ2v) is 5.29. The molecule has 0 bridgehead atoms. The summed E-state index contributed by atoms with van der Waals surface area (Å²) in [6, 6.07) is 8.67. The lowest BCUT2D eigenvalue weighted by molar-refractivity contribution is -0.119. The van der Waals surface area contributed by atoms with Crippen LogP contribution in [0.1, 0.15) is 44.2 Å². The van der Waals surface area contributed by atoms with Gasteiger partial charge in [0.25, 0.3) is 0 Å². The molecule has 86 valence electrons. The van der Waals surface area contributed by atoms with Crippen LogP contribution in [-0.4, -0.2) is 12.5 Å². The molecular weight excluding hydrogens is 198 g/mol. The molecule has 1 N–H and O–H groups in total. The molecule has 0 aromatic heterocycles. The van der Waals surface area contributed by atoms with Crippen LogP contribution in [-0.2, 0) is 10.2 Å². The minimum Gasteiger partial charge on any atom is -0.355 e. The van der Waals surface area contributed by atoms with Gasteiger partial charge in [0.05, 0.1) is 0 Å². The van der Waals surface area contributed by atoms with Crippen molar-refractivity contribution >= 4 is 5.91 Å². The molecule has 16 heavy (non-hydrogen) atoms. The monoisotopic (exact) mass is 217 g/mol. The van der Waals surface area contributed by atoms with Crippen molar-refractivity contribution < 1.29 is 4.79 Å². The van der Waals surface area contributed by atoms with Crippen LogP contribution in [0.5, 0.6) is 0 Å². The van der Waals surface area contributed by atoms with E-state index in [0.717, 1.165) is 6.54 Å². The first-order valence-corrected chi connectivity index (χ1v) is 5.88. The van der Waals surface area contributed by atoms with Gasteiger partial charge in [-0.15, -0.1) is 0 Å². The summed E-state index contributed by atoms with van der Waals surface area (Å²) >= 11 is 0. The fourth-order valence-electron chi connectivity index (χ4n) is 2.25. The summed E-state index contributed by atoms with van der Waals surface area (Å²) < 4.78 is 0. The fraction of sp³-hybridized carbons (Fsp3) is 0.500. The Morgan fingerprint density at radius 3 is 2.31 bits per heavy atom. The number of hydrogen-bond acceptors (Lipinski definition) is 1. The summed E-state index contributed by atoms with van der Waals surface area (Å²) in [5.74, 6) is 0.723. The number of carbonyl (C=O) groups excluding carboxylic acids is 1. The molecule has 2 nitrogen and oxygen atoms in total. The maximum absolute atomic E-state index is 11.3. The SMILES string of the molecule is CC(C)c1ccc(C2(C)CNC(=O)C2)cc1. The predicted octanol–water partition coefficient (Wildman–Crippen LogP) is 2.59. The average molecular weight is 217 g/mol. The van der Waals surface area contributed by atoms with Crippen molar-refractivity contribution in [3.05, 3.63) is 35.4 Å². The van der Waals surface area contributed by atoms with Crippen LogP contribution in [0.15, 0.2) is 24.3 Å². The summed E-state index contributed by atoms with van der Waals surface area (Å²) in [6.45, 7) is 7.29. The molecule has 1 aliphatic heterocycles. The second-order valence-electron chi connectivity index (χ2n) is 5.29. The first-order valence-electron chi connectivity index (χ1n) is 5.88. The van der Waals surface area contributed by atoms with Crippen molar-refractivity contribution in [3.8, 4) is 0 Å². The van der Waals surface area contributed by atoms with E-state index in [1.807, 2.05) is 0 Å². The van der Waals surface area contributed by atoms with E-state index in [4.69, 9.17) is 0 Å². The van der Waals surface area contributed by atoms with Crippen molar-refractivity contribution in [1.29, 1.82) is 0 Å². The van der Waals surface area contributed by atoms with Gasteiger partial charge in [-0.2, -0.15) is 0 Å². The second kappa shape index (κ2) is 3.93. The number of benzene rings is 1. The summed E-state index contributed by atoms with van der Waals surface area (Å²) in [5.41, 5.74) is 2.59. The molecule has 0 radical (unpaired) electrons. The molecule has 1 atom stereocenters. The fourth-order valence-corrected chi connectivity index (χ4v) is 2.25. The summed E-state index contributed by atoms with van der Waals surface area (Å²) in [5, 5.41) is 2.91. The van der Waals surface area contributed by atoms with Crippen LogP contribution in [0.2, 0.25) is 0 Å². The minimum absolute atomic E-state index is 0.0212. The molecule has 0 aliphatic carbocycles. The molecule has 2 heteroatoms. The van der Waals surface area contributed by atoms with Gasteiger partial charge in [0, 0.05) is 18.4 Å². The van der Waals surface area contributed by atoms with Gasteiger partial charge in [0.15, 0.2) is 0 Å². The van der Waals surface area contributed by atoms with Crippen molar-refractivity contribution in [2.45, 2.75) is 38.5 Å². The Morgan fingerprint density at radius 2 is 1.88 bits per heavy atom. The van der Waals surface area contributed by atoms with E-state index < -0.39 is 0 Å². The number of hydrogen-bond donors (Lipinski definition) is 1. The van der Waals surface area contributed by atoms with E-state index in [9.17, 15) is 4.79 Å². The Balaban J connectivity index is 2.25. The van der Waals surface area contributed by atoms with Gasteiger partial charge in [0.1, 0.15) is 0 Å². The molecule has 1 aromatic carbocycles. The van der Waals surface area contributed by atoms with Gasteiger partial charge in [-0.3, -0.25) is 4.79 Å². The predicted molar refractivity (Wildman–Crippen MR) is 65.5 cm³/mol. The first kappa shape index (κ1) is 11.2. The maximum Gasteiger partial charge on any atom is 0.220 e. The highest BCUT2D eigenvalue weighted by Gasteiger charge is 2.35. The Kier molecular flexibility index (Phi) is 2.75.